The molecule has 1 aromatic heterocycles. The van der Waals surface area contributed by atoms with Crippen LogP contribution in [0.25, 0.3) is 0 Å². The highest BCUT2D eigenvalue weighted by atomic mass is 32.2. The molecule has 2 atom stereocenters. The summed E-state index contributed by atoms with van der Waals surface area (Å²) < 4.78 is 25.9. The summed E-state index contributed by atoms with van der Waals surface area (Å²) in [6.07, 6.45) is 1.07. The number of nitrogens with one attached hydrogen (secondary N) is 1. The number of hydrogen-bond donors (Lipinski definition) is 3. The molecule has 106 valence electrons. The fourth-order valence-corrected chi connectivity index (χ4v) is 3.66. The number of aromatic nitrogens is 1. The summed E-state index contributed by atoms with van der Waals surface area (Å²) in [4.78, 5) is 13.1. The van der Waals surface area contributed by atoms with Gasteiger partial charge in [-0.15, -0.1) is 0 Å². The van der Waals surface area contributed by atoms with Crippen LogP contribution >= 0.6 is 0 Å². The van der Waals surface area contributed by atoms with Crippen LogP contribution in [-0.2, 0) is 10.0 Å². The summed E-state index contributed by atoms with van der Waals surface area (Å²) in [5.74, 6) is -1.34. The van der Waals surface area contributed by atoms with Gasteiger partial charge < -0.3 is 15.2 Å². The highest BCUT2D eigenvalue weighted by Gasteiger charge is 2.33. The maximum atomic E-state index is 12.3. The molecule has 19 heavy (non-hydrogen) atoms. The van der Waals surface area contributed by atoms with Crippen LogP contribution in [0.1, 0.15) is 23.8 Å². The summed E-state index contributed by atoms with van der Waals surface area (Å²) in [7, 11) is -3.70. The molecule has 3 N–H and O–H groups in total. The van der Waals surface area contributed by atoms with Gasteiger partial charge in [0.2, 0.25) is 10.0 Å². The van der Waals surface area contributed by atoms with Crippen molar-refractivity contribution in [2.45, 2.75) is 24.3 Å². The molecule has 1 aliphatic heterocycles. The third-order valence-electron chi connectivity index (χ3n) is 3.35. The fourth-order valence-electron chi connectivity index (χ4n) is 2.11. The minimum Gasteiger partial charge on any atom is -0.477 e. The molecule has 0 spiro atoms. The van der Waals surface area contributed by atoms with Gasteiger partial charge in [-0.1, -0.05) is 6.92 Å². The molecule has 0 bridgehead atoms. The summed E-state index contributed by atoms with van der Waals surface area (Å²) in [6, 6.07) is 1.10. The summed E-state index contributed by atoms with van der Waals surface area (Å²) in [6.45, 7) is 2.25. The lowest BCUT2D eigenvalue weighted by atomic mass is 9.99. The van der Waals surface area contributed by atoms with E-state index in [0.29, 0.717) is 6.42 Å². The Balaban J connectivity index is 2.24. The SMILES string of the molecule is CC1CN(S(=O)(=O)c2c[nH]c(C(=O)O)c2)CCC1O. The number of aromatic amines is 1. The van der Waals surface area contributed by atoms with Gasteiger partial charge in [-0.2, -0.15) is 4.31 Å². The standard InChI is InChI=1S/C11H16N2O5S/c1-7-6-13(3-2-10(7)14)19(17,18)8-4-9(11(15)16)12-5-8/h4-5,7,10,12,14H,2-3,6H2,1H3,(H,15,16). The van der Waals surface area contributed by atoms with E-state index in [1.807, 2.05) is 0 Å². The molecule has 7 nitrogen and oxygen atoms in total. The minimum atomic E-state index is -3.70. The van der Waals surface area contributed by atoms with Crippen LogP contribution in [-0.4, -0.2) is 53.1 Å². The average molecular weight is 288 g/mol. The van der Waals surface area contributed by atoms with Gasteiger partial charge >= 0.3 is 5.97 Å². The van der Waals surface area contributed by atoms with E-state index in [0.717, 1.165) is 6.07 Å². The molecule has 0 saturated carbocycles. The topological polar surface area (TPSA) is 111 Å². The van der Waals surface area contributed by atoms with E-state index in [-0.39, 0.29) is 29.6 Å². The minimum absolute atomic E-state index is 0.0616. The highest BCUT2D eigenvalue weighted by Crippen LogP contribution is 2.24. The number of carboxylic acids is 1. The predicted octanol–water partition coefficient (Wildman–Crippen LogP) is 0.104. The van der Waals surface area contributed by atoms with Gasteiger partial charge in [0, 0.05) is 19.3 Å². The van der Waals surface area contributed by atoms with E-state index < -0.39 is 22.1 Å². The monoisotopic (exact) mass is 288 g/mol. The summed E-state index contributed by atoms with van der Waals surface area (Å²) >= 11 is 0. The maximum Gasteiger partial charge on any atom is 0.352 e. The predicted molar refractivity (Wildman–Crippen MR) is 66.3 cm³/mol. The van der Waals surface area contributed by atoms with Gasteiger partial charge in [-0.25, -0.2) is 13.2 Å². The highest BCUT2D eigenvalue weighted by molar-refractivity contribution is 7.89. The Morgan fingerprint density at radius 1 is 1.53 bits per heavy atom. The fraction of sp³-hybridized carbons (Fsp3) is 0.545. The lowest BCUT2D eigenvalue weighted by Gasteiger charge is -2.33. The van der Waals surface area contributed by atoms with Crippen LogP contribution in [0.4, 0.5) is 0 Å². The molecule has 1 saturated heterocycles. The number of sulfonamides is 1. The second kappa shape index (κ2) is 4.95. The zero-order chi connectivity index (χ0) is 14.2. The molecule has 2 rings (SSSR count). The van der Waals surface area contributed by atoms with Crippen molar-refractivity contribution in [3.8, 4) is 0 Å². The quantitative estimate of drug-likeness (QED) is 0.730. The van der Waals surface area contributed by atoms with Crippen molar-refractivity contribution >= 4 is 16.0 Å². The largest absolute Gasteiger partial charge is 0.477 e. The number of rotatable bonds is 3. The first kappa shape index (κ1) is 14.0. The van der Waals surface area contributed by atoms with Gasteiger partial charge in [-0.3, -0.25) is 0 Å². The lowest BCUT2D eigenvalue weighted by Crippen LogP contribution is -2.44. The van der Waals surface area contributed by atoms with Crippen LogP contribution in [0.5, 0.6) is 0 Å². The van der Waals surface area contributed by atoms with Crippen molar-refractivity contribution in [1.82, 2.24) is 9.29 Å². The lowest BCUT2D eigenvalue weighted by molar-refractivity contribution is 0.0628. The van der Waals surface area contributed by atoms with E-state index in [9.17, 15) is 18.3 Å². The van der Waals surface area contributed by atoms with Gasteiger partial charge in [0.15, 0.2) is 0 Å². The number of carbonyl (C=O) groups is 1. The first-order valence-electron chi connectivity index (χ1n) is 5.92. The Morgan fingerprint density at radius 3 is 2.74 bits per heavy atom. The summed E-state index contributed by atoms with van der Waals surface area (Å²) in [5.41, 5.74) is -0.163. The molecule has 8 heteroatoms. The van der Waals surface area contributed by atoms with Crippen LogP contribution in [0.2, 0.25) is 0 Å². The molecular weight excluding hydrogens is 272 g/mol. The third kappa shape index (κ3) is 2.65. The number of aliphatic hydroxyl groups excluding tert-OH is 1. The number of hydrogen-bond acceptors (Lipinski definition) is 4. The van der Waals surface area contributed by atoms with E-state index in [1.165, 1.54) is 10.5 Å². The number of carboxylic acid groups (broad SMARTS) is 1. The Hall–Kier alpha value is -1.38. The molecule has 1 aromatic rings. The molecule has 2 unspecified atom stereocenters. The van der Waals surface area contributed by atoms with Crippen molar-refractivity contribution in [3.05, 3.63) is 18.0 Å². The second-order valence-corrected chi connectivity index (χ2v) is 6.69. The van der Waals surface area contributed by atoms with Crippen LogP contribution < -0.4 is 0 Å². The smallest absolute Gasteiger partial charge is 0.352 e. The number of nitrogens with zero attached hydrogens (tertiary/aromatic N) is 1. The van der Waals surface area contributed by atoms with E-state index in [2.05, 4.69) is 4.98 Å². The number of aromatic carboxylic acids is 1. The van der Waals surface area contributed by atoms with Crippen molar-refractivity contribution in [2.75, 3.05) is 13.1 Å². The first-order valence-corrected chi connectivity index (χ1v) is 7.36. The zero-order valence-electron chi connectivity index (χ0n) is 10.4. The molecule has 0 amide bonds. The maximum absolute atomic E-state index is 12.3. The Labute approximate surface area is 110 Å². The van der Waals surface area contributed by atoms with E-state index in [4.69, 9.17) is 5.11 Å². The average Bonchev–Trinajstić information content (AvgIpc) is 2.82. The third-order valence-corrected chi connectivity index (χ3v) is 5.19. The second-order valence-electron chi connectivity index (χ2n) is 4.75. The van der Waals surface area contributed by atoms with Gasteiger partial charge in [0.1, 0.15) is 10.6 Å². The van der Waals surface area contributed by atoms with Gasteiger partial charge in [0.25, 0.3) is 0 Å². The van der Waals surface area contributed by atoms with Crippen molar-refractivity contribution in [1.29, 1.82) is 0 Å². The molecular formula is C11H16N2O5S. The normalized spacial score (nSPS) is 25.4. The molecule has 2 heterocycles. The number of aliphatic hydroxyl groups is 1. The Kier molecular flexibility index (Phi) is 3.66. The van der Waals surface area contributed by atoms with Gasteiger partial charge in [-0.05, 0) is 18.4 Å². The van der Waals surface area contributed by atoms with Crippen molar-refractivity contribution in [3.63, 3.8) is 0 Å². The van der Waals surface area contributed by atoms with Crippen molar-refractivity contribution in [2.24, 2.45) is 5.92 Å². The molecule has 1 fully saturated rings. The van der Waals surface area contributed by atoms with E-state index >= 15 is 0 Å². The molecule has 0 radical (unpaired) electrons. The van der Waals surface area contributed by atoms with Crippen LogP contribution in [0.3, 0.4) is 0 Å². The summed E-state index contributed by atoms with van der Waals surface area (Å²) in [5, 5.41) is 18.4. The van der Waals surface area contributed by atoms with Gasteiger partial charge in [0.05, 0.1) is 6.10 Å². The zero-order valence-corrected chi connectivity index (χ0v) is 11.2. The first-order chi connectivity index (χ1) is 8.82. The number of piperidine rings is 1. The van der Waals surface area contributed by atoms with Crippen molar-refractivity contribution < 1.29 is 23.4 Å². The van der Waals surface area contributed by atoms with E-state index in [1.54, 1.807) is 6.92 Å². The van der Waals surface area contributed by atoms with Crippen LogP contribution in [0.15, 0.2) is 17.2 Å². The molecule has 0 aromatic carbocycles. The Morgan fingerprint density at radius 2 is 2.21 bits per heavy atom. The molecule has 1 aliphatic rings. The molecule has 0 aliphatic carbocycles. The number of H-pyrrole nitrogens is 1. The van der Waals surface area contributed by atoms with Crippen LogP contribution in [0, 0.1) is 5.92 Å². The Bertz CT molecular complexity index is 580.